The van der Waals surface area contributed by atoms with E-state index < -0.39 is 22.7 Å². The van der Waals surface area contributed by atoms with E-state index in [9.17, 15) is 13.2 Å². The lowest BCUT2D eigenvalue weighted by Gasteiger charge is -2.37. The minimum Gasteiger partial charge on any atom is -0.289 e. The van der Waals surface area contributed by atoms with Gasteiger partial charge in [-0.05, 0) is 30.9 Å². The summed E-state index contributed by atoms with van der Waals surface area (Å²) < 4.78 is 28.8. The van der Waals surface area contributed by atoms with Gasteiger partial charge in [-0.2, -0.15) is 12.7 Å². The number of anilines is 1. The van der Waals surface area contributed by atoms with E-state index in [4.69, 9.17) is 5.21 Å². The van der Waals surface area contributed by atoms with Crippen molar-refractivity contribution in [2.75, 3.05) is 17.4 Å². The molecule has 0 bridgehead atoms. The maximum atomic E-state index is 12.8. The number of hydrogen-bond donors (Lipinski definition) is 2. The molecule has 0 atom stereocenters. The van der Waals surface area contributed by atoms with Gasteiger partial charge in [-0.15, -0.1) is 0 Å². The van der Waals surface area contributed by atoms with E-state index in [1.807, 2.05) is 6.07 Å². The average molecular weight is 390 g/mol. The number of hydrogen-bond acceptors (Lipinski definition) is 4. The molecule has 22 heavy (non-hydrogen) atoms. The Morgan fingerprint density at radius 1 is 1.41 bits per heavy atom. The van der Waals surface area contributed by atoms with E-state index in [1.165, 1.54) is 9.79 Å². The topological polar surface area (TPSA) is 90.0 Å². The van der Waals surface area contributed by atoms with Crippen LogP contribution in [0.2, 0.25) is 0 Å². The molecule has 1 saturated carbocycles. The Kier molecular flexibility index (Phi) is 4.15. The van der Waals surface area contributed by atoms with E-state index >= 15 is 0 Å². The van der Waals surface area contributed by atoms with Crippen molar-refractivity contribution in [2.24, 2.45) is 5.92 Å². The minimum absolute atomic E-state index is 0.0909. The monoisotopic (exact) mass is 389 g/mol. The lowest BCUT2D eigenvalue weighted by Crippen LogP contribution is -2.51. The first-order valence-electron chi connectivity index (χ1n) is 6.91. The number of carbonyl (C=O) groups excluding carboxylic acids is 1. The molecule has 0 saturated heterocycles. The molecule has 2 aliphatic rings. The maximum Gasteiger partial charge on any atom is 0.304 e. The van der Waals surface area contributed by atoms with Gasteiger partial charge in [-0.25, -0.2) is 5.48 Å². The molecule has 0 unspecified atom stereocenters. The highest BCUT2D eigenvalue weighted by atomic mass is 79.9. The summed E-state index contributed by atoms with van der Waals surface area (Å²) in [6, 6.07) is 5.42. The van der Waals surface area contributed by atoms with E-state index in [-0.39, 0.29) is 6.54 Å². The van der Waals surface area contributed by atoms with Gasteiger partial charge in [-0.1, -0.05) is 22.0 Å². The molecule has 1 amide bonds. The number of fused-ring (bicyclic) bond motifs is 1. The fourth-order valence-electron chi connectivity index (χ4n) is 2.52. The van der Waals surface area contributed by atoms with Crippen LogP contribution in [0.5, 0.6) is 0 Å². The molecule has 0 aromatic heterocycles. The second kappa shape index (κ2) is 5.80. The Morgan fingerprint density at radius 3 is 2.77 bits per heavy atom. The molecule has 0 radical (unpaired) electrons. The van der Waals surface area contributed by atoms with E-state index in [0.29, 0.717) is 18.2 Å². The fourth-order valence-corrected chi connectivity index (χ4v) is 4.67. The van der Waals surface area contributed by atoms with E-state index in [2.05, 4.69) is 15.9 Å². The van der Waals surface area contributed by atoms with Crippen molar-refractivity contribution in [3.05, 3.63) is 28.2 Å². The first-order chi connectivity index (χ1) is 10.4. The first-order valence-corrected chi connectivity index (χ1v) is 9.10. The molecule has 9 heteroatoms. The lowest BCUT2D eigenvalue weighted by molar-refractivity contribution is -0.129. The Hall–Kier alpha value is -1.16. The highest BCUT2D eigenvalue weighted by molar-refractivity contribution is 9.10. The number of benzene rings is 1. The van der Waals surface area contributed by atoms with E-state index in [1.54, 1.807) is 12.1 Å². The van der Waals surface area contributed by atoms with Gasteiger partial charge in [0.25, 0.3) is 5.91 Å². The standard InChI is InChI=1S/C13H16BrN3O4S/c14-11-2-1-3-12-10(11)7-16(8-13(18)15-19)22(20,21)17(12)6-9-4-5-9/h1-3,9,19H,4-8H2,(H,15,18). The van der Waals surface area contributed by atoms with Crippen molar-refractivity contribution in [3.8, 4) is 0 Å². The molecule has 1 aliphatic heterocycles. The summed E-state index contributed by atoms with van der Waals surface area (Å²) in [5.74, 6) is -0.390. The Labute approximate surface area is 137 Å². The smallest absolute Gasteiger partial charge is 0.289 e. The molecule has 1 aromatic carbocycles. The SMILES string of the molecule is O=C(CN1Cc2c(Br)cccc2N(CC2CC2)S1(=O)=O)NO. The third-order valence-corrected chi connectivity index (χ3v) is 6.42. The van der Waals surface area contributed by atoms with Crippen molar-refractivity contribution in [1.82, 2.24) is 9.79 Å². The molecule has 1 fully saturated rings. The Balaban J connectivity index is 2.02. The van der Waals surface area contributed by atoms with Crippen LogP contribution in [-0.4, -0.2) is 36.9 Å². The number of halogens is 1. The highest BCUT2D eigenvalue weighted by Gasteiger charge is 2.40. The van der Waals surface area contributed by atoms with Crippen LogP contribution in [0, 0.1) is 5.92 Å². The molecule has 1 aromatic rings. The van der Waals surface area contributed by atoms with Crippen LogP contribution in [0.25, 0.3) is 0 Å². The van der Waals surface area contributed by atoms with Gasteiger partial charge in [0, 0.05) is 23.1 Å². The van der Waals surface area contributed by atoms with Crippen molar-refractivity contribution in [1.29, 1.82) is 0 Å². The van der Waals surface area contributed by atoms with Gasteiger partial charge in [0.15, 0.2) is 0 Å². The fraction of sp³-hybridized carbons (Fsp3) is 0.462. The van der Waals surface area contributed by atoms with Crippen LogP contribution < -0.4 is 9.79 Å². The molecular weight excluding hydrogens is 374 g/mol. The number of carbonyl (C=O) groups is 1. The summed E-state index contributed by atoms with van der Waals surface area (Å²) in [6.07, 6.45) is 2.04. The summed E-state index contributed by atoms with van der Waals surface area (Å²) in [4.78, 5) is 11.4. The van der Waals surface area contributed by atoms with Crippen LogP contribution >= 0.6 is 15.9 Å². The number of nitrogens with zero attached hydrogens (tertiary/aromatic N) is 2. The number of nitrogens with one attached hydrogen (secondary N) is 1. The van der Waals surface area contributed by atoms with Crippen LogP contribution in [0.1, 0.15) is 18.4 Å². The molecule has 3 rings (SSSR count). The molecule has 1 heterocycles. The quantitative estimate of drug-likeness (QED) is 0.598. The van der Waals surface area contributed by atoms with Gasteiger partial charge >= 0.3 is 10.2 Å². The predicted molar refractivity (Wildman–Crippen MR) is 83.5 cm³/mol. The van der Waals surface area contributed by atoms with Crippen LogP contribution in [0.4, 0.5) is 5.69 Å². The molecule has 0 spiro atoms. The maximum absolute atomic E-state index is 12.8. The van der Waals surface area contributed by atoms with Crippen LogP contribution in [-0.2, 0) is 21.5 Å². The second-order valence-electron chi connectivity index (χ2n) is 5.52. The number of rotatable bonds is 4. The van der Waals surface area contributed by atoms with Gasteiger partial charge in [0.2, 0.25) is 0 Å². The molecular formula is C13H16BrN3O4S. The Bertz CT molecular complexity index is 705. The van der Waals surface area contributed by atoms with Gasteiger partial charge in [0.05, 0.1) is 12.2 Å². The summed E-state index contributed by atoms with van der Waals surface area (Å²) in [5, 5.41) is 8.66. The zero-order valence-electron chi connectivity index (χ0n) is 11.7. The normalized spacial score (nSPS) is 20.5. The molecule has 7 nitrogen and oxygen atoms in total. The van der Waals surface area contributed by atoms with Crippen molar-refractivity contribution in [3.63, 3.8) is 0 Å². The summed E-state index contributed by atoms with van der Waals surface area (Å²) >= 11 is 3.44. The predicted octanol–water partition coefficient (Wildman–Crippen LogP) is 1.23. The van der Waals surface area contributed by atoms with Gasteiger partial charge in [-0.3, -0.25) is 14.3 Å². The Morgan fingerprint density at radius 2 is 2.14 bits per heavy atom. The van der Waals surface area contributed by atoms with Crippen LogP contribution in [0.3, 0.4) is 0 Å². The van der Waals surface area contributed by atoms with E-state index in [0.717, 1.165) is 27.2 Å². The summed E-state index contributed by atoms with van der Waals surface area (Å²) in [5.41, 5.74) is 2.96. The molecule has 2 N–H and O–H groups in total. The molecule has 120 valence electrons. The number of hydroxylamine groups is 1. The highest BCUT2D eigenvalue weighted by Crippen LogP contribution is 2.40. The zero-order chi connectivity index (χ0) is 15.9. The largest absolute Gasteiger partial charge is 0.304 e. The minimum atomic E-state index is -3.78. The van der Waals surface area contributed by atoms with Gasteiger partial charge < -0.3 is 0 Å². The number of amides is 1. The summed E-state index contributed by atoms with van der Waals surface area (Å²) in [6.45, 7) is 0.0947. The van der Waals surface area contributed by atoms with Crippen molar-refractivity contribution in [2.45, 2.75) is 19.4 Å². The first kappa shape index (κ1) is 15.7. The third-order valence-electron chi connectivity index (χ3n) is 3.87. The van der Waals surface area contributed by atoms with Gasteiger partial charge in [0.1, 0.15) is 0 Å². The van der Waals surface area contributed by atoms with Crippen molar-refractivity contribution >= 4 is 37.7 Å². The third kappa shape index (κ3) is 2.85. The van der Waals surface area contributed by atoms with Crippen molar-refractivity contribution < 1.29 is 18.4 Å². The lowest BCUT2D eigenvalue weighted by atomic mass is 10.1. The second-order valence-corrected chi connectivity index (χ2v) is 8.23. The average Bonchev–Trinajstić information content (AvgIpc) is 3.28. The molecule has 1 aliphatic carbocycles. The summed E-state index contributed by atoms with van der Waals surface area (Å²) in [7, 11) is -3.78. The zero-order valence-corrected chi connectivity index (χ0v) is 14.1. The van der Waals surface area contributed by atoms with Crippen LogP contribution in [0.15, 0.2) is 22.7 Å².